The largest absolute Gasteiger partial charge is 0.462 e. The molecule has 0 radical (unpaired) electrons. The quantitative estimate of drug-likeness (QED) is 0.0316. The smallest absolute Gasteiger partial charge is 0.339 e. The monoisotopic (exact) mass is 860 g/mol. The van der Waals surface area contributed by atoms with Crippen LogP contribution in [0.1, 0.15) is 197 Å². The zero-order valence-electron chi connectivity index (χ0n) is 37.1. The molecule has 2 aromatic heterocycles. The predicted octanol–water partition coefficient (Wildman–Crippen LogP) is 14.4. The van der Waals surface area contributed by atoms with Crippen LogP contribution in [-0.4, -0.2) is 50.3 Å². The van der Waals surface area contributed by atoms with Gasteiger partial charge in [-0.2, -0.15) is 0 Å². The first kappa shape index (κ1) is 48.6. The van der Waals surface area contributed by atoms with Crippen molar-refractivity contribution in [3.63, 3.8) is 0 Å². The van der Waals surface area contributed by atoms with Crippen molar-refractivity contribution in [3.05, 3.63) is 68.4 Å². The molecule has 0 amide bonds. The zero-order valence-corrected chi connectivity index (χ0v) is 38.7. The molecule has 10 heteroatoms. The molecule has 0 N–H and O–H groups in total. The van der Waals surface area contributed by atoms with Crippen LogP contribution in [0.2, 0.25) is 0 Å². The number of rotatable bonds is 28. The van der Waals surface area contributed by atoms with Gasteiger partial charge in [-0.15, -0.1) is 22.7 Å². The number of unbranched alkanes of at least 4 members (excludes halogenated alkanes) is 10. The molecule has 0 saturated heterocycles. The Bertz CT molecular complexity index is 1850. The molecule has 8 nitrogen and oxygen atoms in total. The van der Waals surface area contributed by atoms with E-state index in [2.05, 4.69) is 36.7 Å². The summed E-state index contributed by atoms with van der Waals surface area (Å²) in [4.78, 5) is 60.0. The molecule has 0 aliphatic heterocycles. The molecule has 0 aliphatic carbocycles. The van der Waals surface area contributed by atoms with E-state index in [0.717, 1.165) is 111 Å². The van der Waals surface area contributed by atoms with Crippen LogP contribution >= 0.6 is 22.7 Å². The van der Waals surface area contributed by atoms with Gasteiger partial charge in [-0.05, 0) is 97.5 Å². The predicted molar refractivity (Wildman–Crippen MR) is 247 cm³/mol. The molecule has 0 saturated carbocycles. The molecule has 0 atom stereocenters. The fourth-order valence-electron chi connectivity index (χ4n) is 7.12. The maximum atomic E-state index is 14.8. The summed E-state index contributed by atoms with van der Waals surface area (Å²) in [5.41, 5.74) is 3.55. The van der Waals surface area contributed by atoms with Crippen molar-refractivity contribution >= 4 is 57.3 Å². The van der Waals surface area contributed by atoms with Gasteiger partial charge in [0.25, 0.3) is 0 Å². The Morgan fingerprint density at radius 2 is 0.767 bits per heavy atom. The number of hydrogen-bond acceptors (Lipinski definition) is 10. The summed E-state index contributed by atoms with van der Waals surface area (Å²) >= 11 is 2.96. The average Bonchev–Trinajstić information content (AvgIpc) is 3.93. The maximum absolute atomic E-state index is 14.8. The number of thiophene rings is 2. The van der Waals surface area contributed by atoms with E-state index in [0.29, 0.717) is 36.8 Å². The van der Waals surface area contributed by atoms with Crippen molar-refractivity contribution in [1.82, 2.24) is 0 Å². The Hall–Kier alpha value is -4.02. The van der Waals surface area contributed by atoms with E-state index in [9.17, 15) is 19.2 Å². The molecule has 0 fully saturated rings. The number of esters is 4. The molecular formula is C50H68O8S2. The summed E-state index contributed by atoms with van der Waals surface area (Å²) in [6.45, 7) is 13.1. The lowest BCUT2D eigenvalue weighted by atomic mass is 9.85. The summed E-state index contributed by atoms with van der Waals surface area (Å²) < 4.78 is 23.8. The van der Waals surface area contributed by atoms with E-state index >= 15 is 0 Å². The van der Waals surface area contributed by atoms with Crippen LogP contribution in [0.3, 0.4) is 0 Å². The van der Waals surface area contributed by atoms with Gasteiger partial charge in [0.1, 0.15) is 0 Å². The highest BCUT2D eigenvalue weighted by Crippen LogP contribution is 2.45. The SMILES string of the molecule is CCCCCCc1csc(-c2cc(C(=O)OCCCC)c3c(C(=O)OCCCC)cc(-c4cc(CCCCCC)cs4)c(C(=O)OCCCC)c3c2C(=O)OCCCC)c1. The van der Waals surface area contributed by atoms with Crippen molar-refractivity contribution in [2.75, 3.05) is 26.4 Å². The number of benzene rings is 2. The highest BCUT2D eigenvalue weighted by atomic mass is 32.1. The van der Waals surface area contributed by atoms with Gasteiger partial charge in [0, 0.05) is 31.7 Å². The Morgan fingerprint density at radius 1 is 0.417 bits per heavy atom. The second kappa shape index (κ2) is 26.3. The van der Waals surface area contributed by atoms with Gasteiger partial charge in [0.05, 0.1) is 48.7 Å². The molecule has 4 aromatic rings. The Morgan fingerprint density at radius 3 is 1.12 bits per heavy atom. The molecule has 60 heavy (non-hydrogen) atoms. The lowest BCUT2D eigenvalue weighted by molar-refractivity contribution is 0.0479. The van der Waals surface area contributed by atoms with Crippen molar-refractivity contribution in [2.24, 2.45) is 0 Å². The highest BCUT2D eigenvalue weighted by Gasteiger charge is 2.34. The molecule has 0 bridgehead atoms. The van der Waals surface area contributed by atoms with Crippen molar-refractivity contribution in [3.8, 4) is 20.9 Å². The minimum Gasteiger partial charge on any atom is -0.462 e. The normalized spacial score (nSPS) is 11.2. The summed E-state index contributed by atoms with van der Waals surface area (Å²) in [6.07, 6.45) is 16.5. The van der Waals surface area contributed by atoms with E-state index in [1.54, 1.807) is 12.1 Å². The lowest BCUT2D eigenvalue weighted by Gasteiger charge is -2.22. The summed E-state index contributed by atoms with van der Waals surface area (Å²) in [6, 6.07) is 7.46. The van der Waals surface area contributed by atoms with E-state index in [1.165, 1.54) is 22.7 Å². The third-order valence-electron chi connectivity index (χ3n) is 10.7. The van der Waals surface area contributed by atoms with E-state index in [-0.39, 0.29) is 59.5 Å². The number of aryl methyl sites for hydroxylation is 2. The van der Waals surface area contributed by atoms with Gasteiger partial charge < -0.3 is 18.9 Å². The Balaban J connectivity index is 2.19. The van der Waals surface area contributed by atoms with Gasteiger partial charge in [-0.25, -0.2) is 19.2 Å². The van der Waals surface area contributed by atoms with Crippen molar-refractivity contribution < 1.29 is 38.1 Å². The number of fused-ring (bicyclic) bond motifs is 1. The van der Waals surface area contributed by atoms with Gasteiger partial charge in [-0.1, -0.05) is 106 Å². The zero-order chi connectivity index (χ0) is 43.3. The minimum atomic E-state index is -0.650. The van der Waals surface area contributed by atoms with Crippen LogP contribution in [0.25, 0.3) is 31.7 Å². The highest BCUT2D eigenvalue weighted by molar-refractivity contribution is 7.14. The second-order valence-electron chi connectivity index (χ2n) is 15.7. The maximum Gasteiger partial charge on any atom is 0.339 e. The first-order valence-electron chi connectivity index (χ1n) is 22.8. The van der Waals surface area contributed by atoms with E-state index in [1.807, 2.05) is 27.7 Å². The molecular weight excluding hydrogens is 793 g/mol. The van der Waals surface area contributed by atoms with Crippen LogP contribution < -0.4 is 0 Å². The van der Waals surface area contributed by atoms with Gasteiger partial charge >= 0.3 is 23.9 Å². The van der Waals surface area contributed by atoms with Crippen LogP contribution in [0.15, 0.2) is 35.0 Å². The first-order valence-corrected chi connectivity index (χ1v) is 24.5. The second-order valence-corrected chi connectivity index (χ2v) is 17.5. The number of hydrogen-bond donors (Lipinski definition) is 0. The standard InChI is InChI=1S/C50H68O8S2/c1-7-13-19-21-23-35-29-41(59-33-35)37-31-39(47(51)55-25-15-9-3)43-40(48(52)56-26-16-10-4)32-38(42-30-36(34-60-42)24-22-20-14-8-2)45(50(54)58-28-18-12-6)46(43)44(37)49(53)57-27-17-11-5/h29-34H,7-28H2,1-6H3. The summed E-state index contributed by atoms with van der Waals surface area (Å²) in [5.74, 6) is -2.58. The summed E-state index contributed by atoms with van der Waals surface area (Å²) in [5, 5.41) is 4.46. The van der Waals surface area contributed by atoms with Crippen LogP contribution in [0.5, 0.6) is 0 Å². The number of carbonyl (C=O) groups excluding carboxylic acids is 4. The molecule has 2 aromatic carbocycles. The Kier molecular flexibility index (Phi) is 21.4. The van der Waals surface area contributed by atoms with Gasteiger partial charge in [0.2, 0.25) is 0 Å². The van der Waals surface area contributed by atoms with Crippen molar-refractivity contribution in [2.45, 2.75) is 157 Å². The van der Waals surface area contributed by atoms with E-state index < -0.39 is 23.9 Å². The average molecular weight is 861 g/mol. The summed E-state index contributed by atoms with van der Waals surface area (Å²) in [7, 11) is 0. The van der Waals surface area contributed by atoms with Gasteiger partial charge in [-0.3, -0.25) is 0 Å². The van der Waals surface area contributed by atoms with E-state index in [4.69, 9.17) is 18.9 Å². The topological polar surface area (TPSA) is 105 Å². The first-order chi connectivity index (χ1) is 29.2. The molecule has 0 spiro atoms. The fourth-order valence-corrected chi connectivity index (χ4v) is 9.06. The molecule has 0 aliphatic rings. The number of ether oxygens (including phenoxy) is 4. The molecule has 4 rings (SSSR count). The Labute approximate surface area is 366 Å². The minimum absolute atomic E-state index is 0.0819. The van der Waals surface area contributed by atoms with Crippen LogP contribution in [0.4, 0.5) is 0 Å². The number of carbonyl (C=O) groups is 4. The molecule has 0 unspecified atom stereocenters. The van der Waals surface area contributed by atoms with Gasteiger partial charge in [0.15, 0.2) is 0 Å². The fraction of sp³-hybridized carbons (Fsp3) is 0.560. The van der Waals surface area contributed by atoms with Crippen LogP contribution in [0, 0.1) is 0 Å². The van der Waals surface area contributed by atoms with Crippen LogP contribution in [-0.2, 0) is 31.8 Å². The molecule has 2 heterocycles. The molecule has 328 valence electrons. The lowest BCUT2D eigenvalue weighted by Crippen LogP contribution is -2.19. The third-order valence-corrected chi connectivity index (χ3v) is 12.7. The van der Waals surface area contributed by atoms with Crippen molar-refractivity contribution in [1.29, 1.82) is 0 Å². The third kappa shape index (κ3) is 13.5.